The molecule has 5 heteroatoms. The first-order chi connectivity index (χ1) is 9.21. The molecule has 0 saturated carbocycles. The van der Waals surface area contributed by atoms with Gasteiger partial charge in [-0.05, 0) is 19.6 Å². The van der Waals surface area contributed by atoms with E-state index in [-0.39, 0.29) is 0 Å². The van der Waals surface area contributed by atoms with Crippen molar-refractivity contribution in [2.45, 2.75) is 20.8 Å². The molecule has 0 N–H and O–H groups in total. The van der Waals surface area contributed by atoms with Gasteiger partial charge in [-0.1, -0.05) is 20.8 Å². The molecule has 0 aromatic carbocycles. The SMILES string of the molecule is CCN(CC=O)CCN(CC)CCN(CC)CC=O. The molecule has 0 aromatic heterocycles. The van der Waals surface area contributed by atoms with Gasteiger partial charge >= 0.3 is 0 Å². The Morgan fingerprint density at radius 1 is 0.632 bits per heavy atom. The van der Waals surface area contributed by atoms with Crippen molar-refractivity contribution in [2.75, 3.05) is 58.9 Å². The predicted molar refractivity (Wildman–Crippen MR) is 78.5 cm³/mol. The monoisotopic (exact) mass is 271 g/mol. The summed E-state index contributed by atoms with van der Waals surface area (Å²) in [7, 11) is 0. The Balaban J connectivity index is 3.98. The summed E-state index contributed by atoms with van der Waals surface area (Å²) in [6.45, 7) is 13.9. The molecule has 0 amide bonds. The van der Waals surface area contributed by atoms with Gasteiger partial charge in [0.05, 0.1) is 13.1 Å². The highest BCUT2D eigenvalue weighted by Gasteiger charge is 2.08. The number of likely N-dealkylation sites (N-methyl/N-ethyl adjacent to an activating group) is 3. The van der Waals surface area contributed by atoms with Crippen LogP contribution in [-0.2, 0) is 9.59 Å². The molecule has 0 aliphatic carbocycles. The molecule has 5 nitrogen and oxygen atoms in total. The van der Waals surface area contributed by atoms with Gasteiger partial charge in [0.1, 0.15) is 12.6 Å². The van der Waals surface area contributed by atoms with E-state index in [9.17, 15) is 9.59 Å². The summed E-state index contributed by atoms with van der Waals surface area (Å²) in [5, 5.41) is 0. The number of rotatable bonds is 13. The maximum atomic E-state index is 10.5. The average molecular weight is 271 g/mol. The molecule has 0 atom stereocenters. The van der Waals surface area contributed by atoms with Gasteiger partial charge in [0.2, 0.25) is 0 Å². The summed E-state index contributed by atoms with van der Waals surface area (Å²) in [6, 6.07) is 0. The van der Waals surface area contributed by atoms with Gasteiger partial charge in [0.25, 0.3) is 0 Å². The fraction of sp³-hybridized carbons (Fsp3) is 0.857. The second-order valence-corrected chi connectivity index (χ2v) is 4.55. The zero-order chi connectivity index (χ0) is 14.5. The van der Waals surface area contributed by atoms with Crippen LogP contribution in [0.25, 0.3) is 0 Å². The summed E-state index contributed by atoms with van der Waals surface area (Å²) in [5.41, 5.74) is 0. The molecule has 0 rings (SSSR count). The average Bonchev–Trinajstić information content (AvgIpc) is 2.44. The van der Waals surface area contributed by atoms with Crippen LogP contribution in [0.15, 0.2) is 0 Å². The molecule has 0 bridgehead atoms. The lowest BCUT2D eigenvalue weighted by molar-refractivity contribution is -0.109. The molecule has 0 aliphatic heterocycles. The highest BCUT2D eigenvalue weighted by atomic mass is 16.1. The Bertz CT molecular complexity index is 215. The topological polar surface area (TPSA) is 43.9 Å². The van der Waals surface area contributed by atoms with Crippen LogP contribution in [0.3, 0.4) is 0 Å². The first kappa shape index (κ1) is 18.2. The summed E-state index contributed by atoms with van der Waals surface area (Å²) in [4.78, 5) is 27.7. The molecule has 0 aliphatic rings. The molecule has 0 spiro atoms. The van der Waals surface area contributed by atoms with E-state index in [1.54, 1.807) is 0 Å². The van der Waals surface area contributed by atoms with E-state index in [1.165, 1.54) is 0 Å². The van der Waals surface area contributed by atoms with Gasteiger partial charge in [0, 0.05) is 26.2 Å². The smallest absolute Gasteiger partial charge is 0.133 e. The number of carbonyl (C=O) groups is 2. The fourth-order valence-electron chi connectivity index (χ4n) is 1.96. The van der Waals surface area contributed by atoms with E-state index in [1.807, 2.05) is 0 Å². The highest BCUT2D eigenvalue weighted by Crippen LogP contribution is 1.94. The molecular formula is C14H29N3O2. The number of aldehydes is 2. The summed E-state index contributed by atoms with van der Waals surface area (Å²) < 4.78 is 0. The molecule has 0 aromatic rings. The quantitative estimate of drug-likeness (QED) is 0.452. The second kappa shape index (κ2) is 12.3. The number of hydrogen-bond donors (Lipinski definition) is 0. The molecular weight excluding hydrogens is 242 g/mol. The lowest BCUT2D eigenvalue weighted by atomic mass is 10.4. The Morgan fingerprint density at radius 3 is 1.21 bits per heavy atom. The van der Waals surface area contributed by atoms with Gasteiger partial charge < -0.3 is 14.5 Å². The van der Waals surface area contributed by atoms with E-state index >= 15 is 0 Å². The van der Waals surface area contributed by atoms with Gasteiger partial charge in [-0.2, -0.15) is 0 Å². The minimum absolute atomic E-state index is 0.514. The van der Waals surface area contributed by atoms with E-state index in [0.717, 1.165) is 58.4 Å². The zero-order valence-electron chi connectivity index (χ0n) is 12.7. The first-order valence-corrected chi connectivity index (χ1v) is 7.26. The van der Waals surface area contributed by atoms with Crippen LogP contribution in [0.5, 0.6) is 0 Å². The summed E-state index contributed by atoms with van der Waals surface area (Å²) in [5.74, 6) is 0. The van der Waals surface area contributed by atoms with Crippen molar-refractivity contribution in [3.8, 4) is 0 Å². The van der Waals surface area contributed by atoms with Crippen LogP contribution in [0.4, 0.5) is 0 Å². The number of carbonyl (C=O) groups excluding carboxylic acids is 2. The summed E-state index contributed by atoms with van der Waals surface area (Å²) >= 11 is 0. The van der Waals surface area contributed by atoms with Gasteiger partial charge in [-0.15, -0.1) is 0 Å². The fourth-order valence-corrected chi connectivity index (χ4v) is 1.96. The van der Waals surface area contributed by atoms with Crippen molar-refractivity contribution >= 4 is 12.6 Å². The molecule has 0 unspecified atom stereocenters. The molecule has 19 heavy (non-hydrogen) atoms. The second-order valence-electron chi connectivity index (χ2n) is 4.55. The third kappa shape index (κ3) is 8.86. The van der Waals surface area contributed by atoms with Crippen molar-refractivity contribution in [3.63, 3.8) is 0 Å². The molecule has 112 valence electrons. The Hall–Kier alpha value is -0.780. The molecule has 0 saturated heterocycles. The zero-order valence-corrected chi connectivity index (χ0v) is 12.7. The highest BCUT2D eigenvalue weighted by molar-refractivity contribution is 5.52. The largest absolute Gasteiger partial charge is 0.302 e. The van der Waals surface area contributed by atoms with Gasteiger partial charge in [-0.25, -0.2) is 0 Å². The number of nitrogens with zero attached hydrogens (tertiary/aromatic N) is 3. The van der Waals surface area contributed by atoms with Crippen molar-refractivity contribution in [2.24, 2.45) is 0 Å². The maximum absolute atomic E-state index is 10.5. The van der Waals surface area contributed by atoms with Crippen LogP contribution in [0.2, 0.25) is 0 Å². The Kier molecular flexibility index (Phi) is 11.8. The molecule has 0 fully saturated rings. The maximum Gasteiger partial charge on any atom is 0.133 e. The van der Waals surface area contributed by atoms with E-state index < -0.39 is 0 Å². The van der Waals surface area contributed by atoms with Crippen LogP contribution in [0.1, 0.15) is 20.8 Å². The Labute approximate surface area is 117 Å². The van der Waals surface area contributed by atoms with Crippen molar-refractivity contribution < 1.29 is 9.59 Å². The normalized spacial score (nSPS) is 11.5. The van der Waals surface area contributed by atoms with Crippen molar-refractivity contribution in [1.82, 2.24) is 14.7 Å². The summed E-state index contributed by atoms with van der Waals surface area (Å²) in [6.07, 6.45) is 1.92. The molecule has 0 radical (unpaired) electrons. The third-order valence-electron chi connectivity index (χ3n) is 3.47. The lowest BCUT2D eigenvalue weighted by Gasteiger charge is -2.27. The van der Waals surface area contributed by atoms with E-state index in [0.29, 0.717) is 13.1 Å². The Morgan fingerprint density at radius 2 is 0.947 bits per heavy atom. The van der Waals surface area contributed by atoms with Crippen molar-refractivity contribution in [1.29, 1.82) is 0 Å². The lowest BCUT2D eigenvalue weighted by Crippen LogP contribution is -2.40. The first-order valence-electron chi connectivity index (χ1n) is 7.26. The third-order valence-corrected chi connectivity index (χ3v) is 3.47. The van der Waals surface area contributed by atoms with Crippen LogP contribution in [0, 0.1) is 0 Å². The standard InChI is InChI=1S/C14H29N3O2/c1-4-15(7-9-16(5-2)11-13-18)8-10-17(6-3)12-14-19/h13-14H,4-12H2,1-3H3. The number of hydrogen-bond acceptors (Lipinski definition) is 5. The minimum Gasteiger partial charge on any atom is -0.302 e. The molecule has 0 heterocycles. The van der Waals surface area contributed by atoms with Crippen molar-refractivity contribution in [3.05, 3.63) is 0 Å². The van der Waals surface area contributed by atoms with Crippen LogP contribution in [-0.4, -0.2) is 86.2 Å². The van der Waals surface area contributed by atoms with E-state index in [2.05, 4.69) is 35.5 Å². The minimum atomic E-state index is 0.514. The van der Waals surface area contributed by atoms with Gasteiger partial charge in [0.15, 0.2) is 0 Å². The van der Waals surface area contributed by atoms with E-state index in [4.69, 9.17) is 0 Å². The van der Waals surface area contributed by atoms with Gasteiger partial charge in [-0.3, -0.25) is 9.80 Å². The van der Waals surface area contributed by atoms with Crippen LogP contribution < -0.4 is 0 Å². The van der Waals surface area contributed by atoms with Crippen LogP contribution >= 0.6 is 0 Å². The predicted octanol–water partition coefficient (Wildman–Crippen LogP) is 0.350.